The molecule has 0 radical (unpaired) electrons. The van der Waals surface area contributed by atoms with Crippen molar-refractivity contribution >= 4 is 29.3 Å². The lowest BCUT2D eigenvalue weighted by Crippen LogP contribution is -2.15. The van der Waals surface area contributed by atoms with Gasteiger partial charge in [0.05, 0.1) is 25.7 Å². The summed E-state index contributed by atoms with van der Waals surface area (Å²) in [7, 11) is 3.08. The fourth-order valence-corrected chi connectivity index (χ4v) is 2.93. The first kappa shape index (κ1) is 19.4. The van der Waals surface area contributed by atoms with Crippen molar-refractivity contribution in [1.29, 1.82) is 0 Å². The van der Waals surface area contributed by atoms with Crippen molar-refractivity contribution in [3.63, 3.8) is 0 Å². The van der Waals surface area contributed by atoms with Gasteiger partial charge in [0, 0.05) is 24.0 Å². The lowest BCUT2D eigenvalue weighted by Gasteiger charge is -2.11. The van der Waals surface area contributed by atoms with Crippen molar-refractivity contribution < 1.29 is 14.3 Å². The Kier molecular flexibility index (Phi) is 6.22. The molecule has 0 aliphatic heterocycles. The summed E-state index contributed by atoms with van der Waals surface area (Å²) in [5.74, 6) is 1.50. The number of carbonyl (C=O) groups is 1. The molecule has 2 aromatic heterocycles. The van der Waals surface area contributed by atoms with Gasteiger partial charge in [-0.2, -0.15) is 9.97 Å². The normalized spacial score (nSPS) is 10.4. The third-order valence-corrected chi connectivity index (χ3v) is 4.43. The molecule has 0 saturated carbocycles. The number of thioether (sulfide) groups is 1. The van der Waals surface area contributed by atoms with Crippen LogP contribution >= 0.6 is 11.8 Å². The van der Waals surface area contributed by atoms with Gasteiger partial charge in [0.25, 0.3) is 0 Å². The van der Waals surface area contributed by atoms with Gasteiger partial charge >= 0.3 is 0 Å². The summed E-state index contributed by atoms with van der Waals surface area (Å²) in [6.45, 7) is 0. The van der Waals surface area contributed by atoms with Gasteiger partial charge in [-0.15, -0.1) is 0 Å². The lowest BCUT2D eigenvalue weighted by molar-refractivity contribution is -0.113. The molecular weight excluding hydrogens is 380 g/mol. The third kappa shape index (κ3) is 4.86. The van der Waals surface area contributed by atoms with E-state index >= 15 is 0 Å². The van der Waals surface area contributed by atoms with Crippen molar-refractivity contribution in [2.45, 2.75) is 5.16 Å². The molecule has 28 heavy (non-hydrogen) atoms. The molecule has 1 aromatic carbocycles. The highest BCUT2D eigenvalue weighted by Crippen LogP contribution is 2.29. The van der Waals surface area contributed by atoms with Crippen LogP contribution in [-0.4, -0.2) is 45.8 Å². The van der Waals surface area contributed by atoms with E-state index in [4.69, 9.17) is 15.2 Å². The smallest absolute Gasteiger partial charge is 0.234 e. The number of methoxy groups -OCH3 is 2. The zero-order valence-corrected chi connectivity index (χ0v) is 16.1. The Hall–Kier alpha value is -3.40. The third-order valence-electron chi connectivity index (χ3n) is 3.59. The summed E-state index contributed by atoms with van der Waals surface area (Å²) in [5, 5.41) is 3.15. The number of pyridine rings is 1. The van der Waals surface area contributed by atoms with E-state index < -0.39 is 0 Å². The monoisotopic (exact) mass is 398 g/mol. The number of nitrogens with one attached hydrogen (secondary N) is 1. The van der Waals surface area contributed by atoms with E-state index in [2.05, 4.69) is 25.3 Å². The van der Waals surface area contributed by atoms with Crippen molar-refractivity contribution in [2.75, 3.05) is 31.0 Å². The SMILES string of the molecule is COc1ccc(NC(=O)CSc2nc(N)nc(-c3ccncc3)n2)c(OC)c1. The molecule has 9 nitrogen and oxygen atoms in total. The van der Waals surface area contributed by atoms with Crippen LogP contribution in [0.5, 0.6) is 11.5 Å². The molecule has 10 heteroatoms. The van der Waals surface area contributed by atoms with E-state index in [-0.39, 0.29) is 17.6 Å². The summed E-state index contributed by atoms with van der Waals surface area (Å²) in [6, 6.07) is 8.68. The second-order valence-electron chi connectivity index (χ2n) is 5.44. The summed E-state index contributed by atoms with van der Waals surface area (Å²) in [6.07, 6.45) is 3.27. The highest BCUT2D eigenvalue weighted by atomic mass is 32.2. The van der Waals surface area contributed by atoms with Gasteiger partial charge in [0.2, 0.25) is 11.9 Å². The van der Waals surface area contributed by atoms with E-state index in [1.807, 2.05) is 0 Å². The van der Waals surface area contributed by atoms with E-state index in [9.17, 15) is 4.79 Å². The Morgan fingerprint density at radius 3 is 2.61 bits per heavy atom. The largest absolute Gasteiger partial charge is 0.497 e. The van der Waals surface area contributed by atoms with Gasteiger partial charge in [0.15, 0.2) is 11.0 Å². The Morgan fingerprint density at radius 1 is 1.11 bits per heavy atom. The molecule has 0 fully saturated rings. The van der Waals surface area contributed by atoms with Crippen molar-refractivity contribution in [2.24, 2.45) is 0 Å². The van der Waals surface area contributed by atoms with Crippen LogP contribution in [0.3, 0.4) is 0 Å². The maximum Gasteiger partial charge on any atom is 0.234 e. The molecule has 0 aliphatic rings. The second kappa shape index (κ2) is 9.00. The number of anilines is 2. The average Bonchev–Trinajstić information content (AvgIpc) is 2.73. The van der Waals surface area contributed by atoms with Crippen LogP contribution in [0, 0.1) is 0 Å². The van der Waals surface area contributed by atoms with E-state index in [1.165, 1.54) is 7.11 Å². The first-order chi connectivity index (χ1) is 13.6. The molecule has 2 heterocycles. The summed E-state index contributed by atoms with van der Waals surface area (Å²) in [4.78, 5) is 28.8. The maximum absolute atomic E-state index is 12.3. The molecule has 0 aliphatic carbocycles. The summed E-state index contributed by atoms with van der Waals surface area (Å²) < 4.78 is 10.4. The van der Waals surface area contributed by atoms with Gasteiger partial charge in [0.1, 0.15) is 11.5 Å². The minimum absolute atomic E-state index is 0.0848. The van der Waals surface area contributed by atoms with Crippen LogP contribution < -0.4 is 20.5 Å². The molecule has 3 N–H and O–H groups in total. The number of rotatable bonds is 7. The molecular formula is C18H18N6O3S. The Balaban J connectivity index is 1.67. The number of ether oxygens (including phenoxy) is 2. The quantitative estimate of drug-likeness (QED) is 0.576. The average molecular weight is 398 g/mol. The predicted molar refractivity (Wildman–Crippen MR) is 106 cm³/mol. The first-order valence-corrected chi connectivity index (χ1v) is 9.14. The minimum atomic E-state index is -0.238. The number of amides is 1. The fraction of sp³-hybridized carbons (Fsp3) is 0.167. The lowest BCUT2D eigenvalue weighted by atomic mass is 10.2. The second-order valence-corrected chi connectivity index (χ2v) is 6.38. The number of carbonyl (C=O) groups excluding carboxylic acids is 1. The van der Waals surface area contributed by atoms with Crippen molar-refractivity contribution in [1.82, 2.24) is 19.9 Å². The highest BCUT2D eigenvalue weighted by Gasteiger charge is 2.12. The highest BCUT2D eigenvalue weighted by molar-refractivity contribution is 7.99. The first-order valence-electron chi connectivity index (χ1n) is 8.15. The van der Waals surface area contributed by atoms with Gasteiger partial charge in [-0.05, 0) is 24.3 Å². The molecule has 0 atom stereocenters. The maximum atomic E-state index is 12.3. The zero-order valence-electron chi connectivity index (χ0n) is 15.2. The molecule has 0 spiro atoms. The van der Waals surface area contributed by atoms with Gasteiger partial charge < -0.3 is 20.5 Å². The number of hydrogen-bond donors (Lipinski definition) is 2. The molecule has 3 aromatic rings. The van der Waals surface area contributed by atoms with Crippen LogP contribution in [-0.2, 0) is 4.79 Å². The van der Waals surface area contributed by atoms with Crippen molar-refractivity contribution in [3.8, 4) is 22.9 Å². The molecule has 3 rings (SSSR count). The Labute approximate surface area is 165 Å². The number of benzene rings is 1. The molecule has 1 amide bonds. The van der Waals surface area contributed by atoms with E-state index in [0.29, 0.717) is 28.2 Å². The predicted octanol–water partition coefficient (Wildman–Crippen LogP) is 2.26. The number of nitrogens with zero attached hydrogens (tertiary/aromatic N) is 4. The fourth-order valence-electron chi connectivity index (χ4n) is 2.28. The van der Waals surface area contributed by atoms with Gasteiger partial charge in [-0.3, -0.25) is 9.78 Å². The van der Waals surface area contributed by atoms with Crippen molar-refractivity contribution in [3.05, 3.63) is 42.7 Å². The number of hydrogen-bond acceptors (Lipinski definition) is 9. The molecule has 0 unspecified atom stereocenters. The molecule has 0 bridgehead atoms. The van der Waals surface area contributed by atoms with E-state index in [0.717, 1.165) is 17.3 Å². The van der Waals surface area contributed by atoms with Crippen LogP contribution in [0.4, 0.5) is 11.6 Å². The molecule has 144 valence electrons. The van der Waals surface area contributed by atoms with Crippen LogP contribution in [0.25, 0.3) is 11.4 Å². The van der Waals surface area contributed by atoms with Gasteiger partial charge in [-0.1, -0.05) is 11.8 Å². The van der Waals surface area contributed by atoms with E-state index in [1.54, 1.807) is 49.8 Å². The number of nitrogens with two attached hydrogens (primary N) is 1. The van der Waals surface area contributed by atoms with Crippen LogP contribution in [0.1, 0.15) is 0 Å². The van der Waals surface area contributed by atoms with Crippen LogP contribution in [0.2, 0.25) is 0 Å². The molecule has 0 saturated heterocycles. The summed E-state index contributed by atoms with van der Waals surface area (Å²) in [5.41, 5.74) is 7.08. The number of nitrogen functional groups attached to an aromatic ring is 1. The minimum Gasteiger partial charge on any atom is -0.497 e. The van der Waals surface area contributed by atoms with Crippen LogP contribution in [0.15, 0.2) is 47.9 Å². The number of aromatic nitrogens is 4. The summed E-state index contributed by atoms with van der Waals surface area (Å²) >= 11 is 1.16. The zero-order chi connectivity index (χ0) is 19.9. The standard InChI is InChI=1S/C18H18N6O3S/c1-26-12-3-4-13(14(9-12)27-2)21-15(25)10-28-18-23-16(22-17(19)24-18)11-5-7-20-8-6-11/h3-9H,10H2,1-2H3,(H,21,25)(H2,19,22,23,24). The Morgan fingerprint density at radius 2 is 1.89 bits per heavy atom. The van der Waals surface area contributed by atoms with Gasteiger partial charge in [-0.25, -0.2) is 4.98 Å². The topological polar surface area (TPSA) is 125 Å². The Bertz CT molecular complexity index is 971.